The first-order valence-corrected chi connectivity index (χ1v) is 21.4. The van der Waals surface area contributed by atoms with Crippen LogP contribution in [0.4, 0.5) is 10.6 Å². The molecule has 7 atom stereocenters. The van der Waals surface area contributed by atoms with Crippen LogP contribution in [0, 0.1) is 17.8 Å². The number of amides is 4. The Morgan fingerprint density at radius 2 is 1.82 bits per heavy atom. The van der Waals surface area contributed by atoms with Crippen molar-refractivity contribution in [3.05, 3.63) is 30.4 Å². The van der Waals surface area contributed by atoms with E-state index in [2.05, 4.69) is 22.3 Å². The zero-order valence-corrected chi connectivity index (χ0v) is 35.0. The number of allylic oxidation sites excluding steroid dienone is 1. The van der Waals surface area contributed by atoms with Crippen LogP contribution < -0.4 is 29.7 Å². The van der Waals surface area contributed by atoms with Crippen molar-refractivity contribution >= 4 is 50.7 Å². The van der Waals surface area contributed by atoms with Gasteiger partial charge in [-0.2, -0.15) is 0 Å². The third-order valence-corrected chi connectivity index (χ3v) is 13.0. The second kappa shape index (κ2) is 16.3. The molecule has 3 fully saturated rings. The van der Waals surface area contributed by atoms with Crippen molar-refractivity contribution in [2.75, 3.05) is 32.6 Å². The maximum Gasteiger partial charge on any atom is 0.408 e. The molecule has 2 aliphatic heterocycles. The summed E-state index contributed by atoms with van der Waals surface area (Å²) in [6.07, 6.45) is 6.07. The van der Waals surface area contributed by atoms with Gasteiger partial charge in [0, 0.05) is 32.5 Å². The lowest BCUT2D eigenvalue weighted by Gasteiger charge is -2.34. The van der Waals surface area contributed by atoms with Gasteiger partial charge in [-0.05, 0) is 83.3 Å². The van der Waals surface area contributed by atoms with Gasteiger partial charge in [-0.15, -0.1) is 0 Å². The predicted molar refractivity (Wildman–Crippen MR) is 213 cm³/mol. The van der Waals surface area contributed by atoms with E-state index in [-0.39, 0.29) is 37.1 Å². The largest absolute Gasteiger partial charge is 0.497 e. The third kappa shape index (κ3) is 9.56. The van der Waals surface area contributed by atoms with Crippen LogP contribution in [0.3, 0.4) is 0 Å². The number of rotatable bonds is 9. The first-order valence-electron chi connectivity index (χ1n) is 19.9. The lowest BCUT2D eigenvalue weighted by atomic mass is 9.85. The van der Waals surface area contributed by atoms with E-state index in [0.717, 1.165) is 6.42 Å². The molecular formula is C40H57N7O9S. The average Bonchev–Trinajstić information content (AvgIpc) is 4.06. The number of methoxy groups -OCH3 is 1. The summed E-state index contributed by atoms with van der Waals surface area (Å²) in [5, 5.41) is 5.12. The summed E-state index contributed by atoms with van der Waals surface area (Å²) in [6, 6.07) is 3.08. The van der Waals surface area contributed by atoms with Gasteiger partial charge in [0.1, 0.15) is 35.1 Å². The number of sulfonamides is 1. The maximum absolute atomic E-state index is 15.0. The standard InChI is InChI=1S/C40H57N7O9S/c1-9-24-18-23(2)12-10-11-13-25-21-40(25,37(50)45-57(52,53)28-15-16-28)44-34(48)31-20-27(22-47(31)36(49)32(24)43-38(51)56-39(3,4)5)55-35-33(46(6)7)41-30-19-26(54-8)14-17-29(30)42-35/h11,13-14,17,19,23-25,27-28,31-32H,9-10,12,15-16,18,20-22H2,1-8H3,(H,43,51)(H,44,48)(H,45,50). The molecule has 0 spiro atoms. The Kier molecular flexibility index (Phi) is 12.0. The topological polar surface area (TPSA) is 198 Å². The number of carbonyl (C=O) groups excluding carboxylic acids is 4. The Balaban J connectivity index is 1.38. The molecule has 3 N–H and O–H groups in total. The first-order chi connectivity index (χ1) is 26.8. The highest BCUT2D eigenvalue weighted by molar-refractivity contribution is 7.91. The summed E-state index contributed by atoms with van der Waals surface area (Å²) >= 11 is 0. The number of alkyl carbamates (subject to hydrolysis) is 1. The zero-order valence-electron chi connectivity index (χ0n) is 34.2. The van der Waals surface area contributed by atoms with Crippen molar-refractivity contribution in [3.63, 3.8) is 0 Å². The minimum absolute atomic E-state index is 0.0116. The van der Waals surface area contributed by atoms with E-state index >= 15 is 0 Å². The molecule has 17 heteroatoms. The molecule has 1 saturated heterocycles. The highest BCUT2D eigenvalue weighted by atomic mass is 32.2. The average molecular weight is 812 g/mol. The van der Waals surface area contributed by atoms with Crippen LogP contribution in [0.25, 0.3) is 11.0 Å². The summed E-state index contributed by atoms with van der Waals surface area (Å²) in [4.78, 5) is 69.4. The van der Waals surface area contributed by atoms with E-state index in [4.69, 9.17) is 24.2 Å². The van der Waals surface area contributed by atoms with Crippen molar-refractivity contribution in [3.8, 4) is 11.6 Å². The van der Waals surface area contributed by atoms with Gasteiger partial charge in [-0.1, -0.05) is 32.4 Å². The van der Waals surface area contributed by atoms with Crippen LogP contribution in [-0.4, -0.2) is 109 Å². The Morgan fingerprint density at radius 3 is 2.47 bits per heavy atom. The van der Waals surface area contributed by atoms with Crippen molar-refractivity contribution in [2.24, 2.45) is 17.8 Å². The van der Waals surface area contributed by atoms with Gasteiger partial charge < -0.3 is 34.6 Å². The van der Waals surface area contributed by atoms with E-state index in [9.17, 15) is 27.6 Å². The molecule has 57 heavy (non-hydrogen) atoms. The number of anilines is 1. The maximum atomic E-state index is 15.0. The van der Waals surface area contributed by atoms with Gasteiger partial charge in [0.2, 0.25) is 21.8 Å². The minimum Gasteiger partial charge on any atom is -0.497 e. The fraction of sp³-hybridized carbons (Fsp3) is 0.650. The second-order valence-electron chi connectivity index (χ2n) is 17.2. The van der Waals surface area contributed by atoms with Gasteiger partial charge in [0.05, 0.1) is 29.9 Å². The quantitative estimate of drug-likeness (QED) is 0.310. The lowest BCUT2D eigenvalue weighted by molar-refractivity contribution is -0.142. The molecule has 312 valence electrons. The molecule has 1 aromatic carbocycles. The Labute approximate surface area is 334 Å². The van der Waals surface area contributed by atoms with Gasteiger partial charge in [-0.3, -0.25) is 19.1 Å². The number of carbonyl (C=O) groups is 4. The van der Waals surface area contributed by atoms with E-state index in [1.165, 1.54) is 4.90 Å². The number of fused-ring (bicyclic) bond motifs is 3. The summed E-state index contributed by atoms with van der Waals surface area (Å²) in [7, 11) is 1.24. The fourth-order valence-electron chi connectivity index (χ4n) is 7.81. The van der Waals surface area contributed by atoms with E-state index in [0.29, 0.717) is 54.7 Å². The summed E-state index contributed by atoms with van der Waals surface area (Å²) in [5.74, 6) is -1.32. The summed E-state index contributed by atoms with van der Waals surface area (Å²) in [5.41, 5.74) is -1.24. The molecular weight excluding hydrogens is 755 g/mol. The molecule has 6 rings (SSSR count). The van der Waals surface area contributed by atoms with Crippen LogP contribution in [0.1, 0.15) is 86.0 Å². The molecule has 1 aromatic heterocycles. The van der Waals surface area contributed by atoms with E-state index < -0.39 is 74.3 Å². The van der Waals surface area contributed by atoms with Crippen LogP contribution in [0.2, 0.25) is 0 Å². The van der Waals surface area contributed by atoms with Gasteiger partial charge in [0.15, 0.2) is 5.82 Å². The molecule has 0 radical (unpaired) electrons. The van der Waals surface area contributed by atoms with Crippen molar-refractivity contribution in [2.45, 2.75) is 121 Å². The number of aromatic nitrogens is 2. The fourth-order valence-corrected chi connectivity index (χ4v) is 9.18. The molecule has 2 saturated carbocycles. The number of nitrogens with zero attached hydrogens (tertiary/aromatic N) is 4. The number of nitrogens with one attached hydrogen (secondary N) is 3. The van der Waals surface area contributed by atoms with Crippen molar-refractivity contribution < 1.29 is 41.8 Å². The summed E-state index contributed by atoms with van der Waals surface area (Å²) in [6.45, 7) is 9.22. The van der Waals surface area contributed by atoms with Crippen LogP contribution in [0.5, 0.6) is 11.6 Å². The van der Waals surface area contributed by atoms with Crippen molar-refractivity contribution in [1.82, 2.24) is 30.2 Å². The van der Waals surface area contributed by atoms with E-state index in [1.54, 1.807) is 65.1 Å². The molecule has 3 heterocycles. The molecule has 0 bridgehead atoms. The zero-order chi connectivity index (χ0) is 41.4. The Bertz CT molecular complexity index is 2010. The minimum atomic E-state index is -3.91. The Hall–Kier alpha value is -4.67. The third-order valence-electron chi connectivity index (χ3n) is 11.2. The van der Waals surface area contributed by atoms with Gasteiger partial charge >= 0.3 is 6.09 Å². The molecule has 2 aromatic rings. The predicted octanol–water partition coefficient (Wildman–Crippen LogP) is 3.83. The van der Waals surface area contributed by atoms with Crippen LogP contribution >= 0.6 is 0 Å². The second-order valence-corrected chi connectivity index (χ2v) is 19.1. The molecule has 4 amide bonds. The molecule has 7 unspecified atom stereocenters. The normalized spacial score (nSPS) is 28.2. The number of hydrogen-bond acceptors (Lipinski definition) is 12. The van der Waals surface area contributed by atoms with Crippen molar-refractivity contribution in [1.29, 1.82) is 0 Å². The monoisotopic (exact) mass is 811 g/mol. The SMILES string of the molecule is CCC1CC(C)CCC=CC2CC2(C(=O)NS(=O)(=O)C2CC2)NC(=O)C2CC(Oc3nc4ccc(OC)cc4nc3N(C)C)CN2C(=O)C1NC(=O)OC(C)(C)C. The Morgan fingerprint density at radius 1 is 1.09 bits per heavy atom. The van der Waals surface area contributed by atoms with E-state index in [1.807, 2.05) is 19.1 Å². The highest BCUT2D eigenvalue weighted by Crippen LogP contribution is 2.46. The number of ether oxygens (including phenoxy) is 3. The number of hydrogen-bond donors (Lipinski definition) is 3. The number of benzene rings is 1. The van der Waals surface area contributed by atoms with Crippen LogP contribution in [0.15, 0.2) is 30.4 Å². The van der Waals surface area contributed by atoms with Gasteiger partial charge in [-0.25, -0.2) is 23.2 Å². The molecule has 4 aliphatic rings. The molecule has 16 nitrogen and oxygen atoms in total. The smallest absolute Gasteiger partial charge is 0.408 e. The lowest BCUT2D eigenvalue weighted by Crippen LogP contribution is -2.59. The highest BCUT2D eigenvalue weighted by Gasteiger charge is 2.62. The van der Waals surface area contributed by atoms with Gasteiger partial charge in [0.25, 0.3) is 11.8 Å². The molecule has 2 aliphatic carbocycles. The van der Waals surface area contributed by atoms with Crippen LogP contribution in [-0.2, 0) is 29.1 Å². The summed E-state index contributed by atoms with van der Waals surface area (Å²) < 4.78 is 45.6. The first kappa shape index (κ1) is 41.9.